The highest BCUT2D eigenvalue weighted by Crippen LogP contribution is 2.21. The van der Waals surface area contributed by atoms with Gasteiger partial charge in [-0.05, 0) is 60.3 Å². The molecule has 1 saturated heterocycles. The van der Waals surface area contributed by atoms with Gasteiger partial charge in [-0.1, -0.05) is 0 Å². The standard InChI is InChI=1S/C12H15FINO/c1-15-7-6-12(11(13)8-15)16-10-4-2-9(14)3-5-10/h2-5,11-12H,6-8H2,1H3. The van der Waals surface area contributed by atoms with Gasteiger partial charge < -0.3 is 9.64 Å². The molecular weight excluding hydrogens is 320 g/mol. The van der Waals surface area contributed by atoms with E-state index in [1.165, 1.54) is 0 Å². The molecule has 1 fully saturated rings. The Kier molecular flexibility index (Phi) is 4.02. The number of rotatable bonds is 2. The average molecular weight is 335 g/mol. The maximum Gasteiger partial charge on any atom is 0.149 e. The lowest BCUT2D eigenvalue weighted by Gasteiger charge is -2.32. The first-order chi connectivity index (χ1) is 7.65. The van der Waals surface area contributed by atoms with Gasteiger partial charge in [0.1, 0.15) is 18.0 Å². The fourth-order valence-corrected chi connectivity index (χ4v) is 2.22. The van der Waals surface area contributed by atoms with Crippen molar-refractivity contribution in [2.75, 3.05) is 20.1 Å². The molecule has 0 spiro atoms. The van der Waals surface area contributed by atoms with Crippen molar-refractivity contribution in [2.45, 2.75) is 18.7 Å². The highest BCUT2D eigenvalue weighted by molar-refractivity contribution is 14.1. The molecule has 2 atom stereocenters. The second kappa shape index (κ2) is 5.31. The molecule has 2 nitrogen and oxygen atoms in total. The third kappa shape index (κ3) is 3.07. The topological polar surface area (TPSA) is 12.5 Å². The van der Waals surface area contributed by atoms with Gasteiger partial charge in [0.15, 0.2) is 0 Å². The Morgan fingerprint density at radius 2 is 2.06 bits per heavy atom. The van der Waals surface area contributed by atoms with Crippen molar-refractivity contribution in [1.29, 1.82) is 0 Å². The Morgan fingerprint density at radius 1 is 1.38 bits per heavy atom. The molecule has 1 aromatic carbocycles. The molecule has 0 bridgehead atoms. The monoisotopic (exact) mass is 335 g/mol. The summed E-state index contributed by atoms with van der Waals surface area (Å²) in [6, 6.07) is 7.73. The van der Waals surface area contributed by atoms with Crippen molar-refractivity contribution >= 4 is 22.6 Å². The molecule has 2 unspecified atom stereocenters. The van der Waals surface area contributed by atoms with Crippen molar-refractivity contribution < 1.29 is 9.13 Å². The molecule has 0 aromatic heterocycles. The van der Waals surface area contributed by atoms with Crippen LogP contribution in [0.15, 0.2) is 24.3 Å². The van der Waals surface area contributed by atoms with Crippen molar-refractivity contribution in [3.8, 4) is 5.75 Å². The van der Waals surface area contributed by atoms with E-state index in [0.717, 1.165) is 22.3 Å². The second-order valence-corrected chi connectivity index (χ2v) is 5.42. The number of nitrogens with zero attached hydrogens (tertiary/aromatic N) is 1. The number of alkyl halides is 1. The van der Waals surface area contributed by atoms with E-state index in [4.69, 9.17) is 4.74 Å². The maximum absolute atomic E-state index is 13.7. The number of benzene rings is 1. The first-order valence-corrected chi connectivity index (χ1v) is 6.48. The van der Waals surface area contributed by atoms with Crippen LogP contribution in [0.25, 0.3) is 0 Å². The summed E-state index contributed by atoms with van der Waals surface area (Å²) in [7, 11) is 1.94. The molecule has 16 heavy (non-hydrogen) atoms. The zero-order valence-electron chi connectivity index (χ0n) is 9.20. The fraction of sp³-hybridized carbons (Fsp3) is 0.500. The van der Waals surface area contributed by atoms with Gasteiger partial charge in [-0.15, -0.1) is 0 Å². The molecule has 1 aliphatic rings. The Bertz CT molecular complexity index is 343. The fourth-order valence-electron chi connectivity index (χ4n) is 1.86. The third-order valence-corrected chi connectivity index (χ3v) is 3.51. The summed E-state index contributed by atoms with van der Waals surface area (Å²) in [6.45, 7) is 1.37. The Balaban J connectivity index is 1.96. The van der Waals surface area contributed by atoms with Gasteiger partial charge in [0.05, 0.1) is 0 Å². The van der Waals surface area contributed by atoms with Crippen LogP contribution in [0.2, 0.25) is 0 Å². The van der Waals surface area contributed by atoms with Crippen LogP contribution in [0.1, 0.15) is 6.42 Å². The normalized spacial score (nSPS) is 26.7. The van der Waals surface area contributed by atoms with E-state index in [2.05, 4.69) is 22.6 Å². The lowest BCUT2D eigenvalue weighted by atomic mass is 10.1. The van der Waals surface area contributed by atoms with Crippen molar-refractivity contribution in [2.24, 2.45) is 0 Å². The van der Waals surface area contributed by atoms with Crippen LogP contribution in [-0.2, 0) is 0 Å². The lowest BCUT2D eigenvalue weighted by molar-refractivity contribution is 0.0313. The van der Waals surface area contributed by atoms with Crippen LogP contribution in [0.3, 0.4) is 0 Å². The molecule has 2 rings (SSSR count). The Morgan fingerprint density at radius 3 is 2.69 bits per heavy atom. The van der Waals surface area contributed by atoms with E-state index in [0.29, 0.717) is 6.54 Å². The SMILES string of the molecule is CN1CCC(Oc2ccc(I)cc2)C(F)C1. The van der Waals surface area contributed by atoms with Gasteiger partial charge in [0, 0.05) is 16.7 Å². The van der Waals surface area contributed by atoms with Crippen molar-refractivity contribution in [3.05, 3.63) is 27.8 Å². The molecule has 0 aliphatic carbocycles. The van der Waals surface area contributed by atoms with Crippen LogP contribution < -0.4 is 4.74 Å². The first-order valence-electron chi connectivity index (χ1n) is 5.40. The molecule has 0 saturated carbocycles. The van der Waals surface area contributed by atoms with Crippen molar-refractivity contribution in [1.82, 2.24) is 4.90 Å². The number of ether oxygens (including phenoxy) is 1. The molecule has 1 aliphatic heterocycles. The van der Waals surface area contributed by atoms with Gasteiger partial charge in [0.25, 0.3) is 0 Å². The highest BCUT2D eigenvalue weighted by Gasteiger charge is 2.28. The van der Waals surface area contributed by atoms with Crippen LogP contribution >= 0.6 is 22.6 Å². The van der Waals surface area contributed by atoms with Crippen LogP contribution in [0, 0.1) is 3.57 Å². The molecule has 0 radical (unpaired) electrons. The van der Waals surface area contributed by atoms with Gasteiger partial charge >= 0.3 is 0 Å². The van der Waals surface area contributed by atoms with Gasteiger partial charge in [0.2, 0.25) is 0 Å². The molecule has 4 heteroatoms. The summed E-state index contributed by atoms with van der Waals surface area (Å²) >= 11 is 2.24. The lowest BCUT2D eigenvalue weighted by Crippen LogP contribution is -2.45. The van der Waals surface area contributed by atoms with E-state index in [9.17, 15) is 4.39 Å². The van der Waals surface area contributed by atoms with E-state index >= 15 is 0 Å². The number of hydrogen-bond acceptors (Lipinski definition) is 2. The molecule has 0 N–H and O–H groups in total. The molecular formula is C12H15FINO. The number of piperidine rings is 1. The zero-order valence-corrected chi connectivity index (χ0v) is 11.4. The summed E-state index contributed by atoms with van der Waals surface area (Å²) in [4.78, 5) is 2.00. The average Bonchev–Trinajstić information content (AvgIpc) is 2.25. The minimum Gasteiger partial charge on any atom is -0.487 e. The Labute approximate surface area is 109 Å². The molecule has 0 amide bonds. The van der Waals surface area contributed by atoms with Gasteiger partial charge in [-0.25, -0.2) is 4.39 Å². The smallest absolute Gasteiger partial charge is 0.149 e. The number of likely N-dealkylation sites (tertiary alicyclic amines) is 1. The van der Waals surface area contributed by atoms with E-state index in [-0.39, 0.29) is 6.10 Å². The largest absolute Gasteiger partial charge is 0.487 e. The van der Waals surface area contributed by atoms with Crippen LogP contribution in [-0.4, -0.2) is 37.3 Å². The van der Waals surface area contributed by atoms with Crippen molar-refractivity contribution in [3.63, 3.8) is 0 Å². The predicted octanol–water partition coefficient (Wildman–Crippen LogP) is 2.71. The quantitative estimate of drug-likeness (QED) is 0.771. The van der Waals surface area contributed by atoms with Gasteiger partial charge in [-0.2, -0.15) is 0 Å². The second-order valence-electron chi connectivity index (χ2n) is 4.18. The van der Waals surface area contributed by atoms with Crippen LogP contribution in [0.5, 0.6) is 5.75 Å². The minimum atomic E-state index is -0.891. The summed E-state index contributed by atoms with van der Waals surface area (Å²) in [5.41, 5.74) is 0. The predicted molar refractivity (Wildman–Crippen MR) is 70.6 cm³/mol. The van der Waals surface area contributed by atoms with E-state index in [1.54, 1.807) is 0 Å². The summed E-state index contributed by atoms with van der Waals surface area (Å²) < 4.78 is 20.5. The molecule has 88 valence electrons. The van der Waals surface area contributed by atoms with E-state index < -0.39 is 6.17 Å². The maximum atomic E-state index is 13.7. The number of halogens is 2. The number of hydrogen-bond donors (Lipinski definition) is 0. The summed E-state index contributed by atoms with van der Waals surface area (Å²) in [6.07, 6.45) is -0.432. The first kappa shape index (κ1) is 12.1. The minimum absolute atomic E-state index is 0.295. The summed E-state index contributed by atoms with van der Waals surface area (Å²) in [5, 5.41) is 0. The Hall–Kier alpha value is -0.360. The van der Waals surface area contributed by atoms with E-state index in [1.807, 2.05) is 36.2 Å². The summed E-state index contributed by atoms with van der Waals surface area (Å²) in [5.74, 6) is 0.762. The zero-order chi connectivity index (χ0) is 11.5. The van der Waals surface area contributed by atoms with Crippen LogP contribution in [0.4, 0.5) is 4.39 Å². The molecule has 1 heterocycles. The molecule has 1 aromatic rings. The van der Waals surface area contributed by atoms with Gasteiger partial charge in [-0.3, -0.25) is 0 Å². The third-order valence-electron chi connectivity index (χ3n) is 2.79. The highest BCUT2D eigenvalue weighted by atomic mass is 127.